The second-order valence-electron chi connectivity index (χ2n) is 7.77. The third-order valence-electron chi connectivity index (χ3n) is 5.74. The van der Waals surface area contributed by atoms with E-state index in [2.05, 4.69) is 9.97 Å². The monoisotopic (exact) mass is 438 g/mol. The smallest absolute Gasteiger partial charge is 0.167 e. The van der Waals surface area contributed by atoms with Crippen molar-refractivity contribution in [1.29, 1.82) is 0 Å². The van der Waals surface area contributed by atoms with Crippen LogP contribution in [0.25, 0.3) is 0 Å². The summed E-state index contributed by atoms with van der Waals surface area (Å²) in [7, 11) is 0. The number of halogens is 2. The van der Waals surface area contributed by atoms with E-state index in [1.54, 1.807) is 42.6 Å². The molecule has 2 heterocycles. The summed E-state index contributed by atoms with van der Waals surface area (Å²) in [5.41, 5.74) is 2.65. The van der Waals surface area contributed by atoms with Gasteiger partial charge >= 0.3 is 0 Å². The van der Waals surface area contributed by atoms with E-state index in [0.29, 0.717) is 27.7 Å². The van der Waals surface area contributed by atoms with Gasteiger partial charge in [-0.05, 0) is 48.7 Å². The third-order valence-corrected chi connectivity index (χ3v) is 6.20. The highest BCUT2D eigenvalue weighted by atomic mass is 35.5. The minimum Gasteiger partial charge on any atom is -0.294 e. The molecule has 0 radical (unpaired) electrons. The summed E-state index contributed by atoms with van der Waals surface area (Å²) in [4.78, 5) is 33.9. The molecule has 0 saturated heterocycles. The van der Waals surface area contributed by atoms with E-state index >= 15 is 0 Å². The molecule has 4 rings (SSSR count). The first kappa shape index (κ1) is 20.7. The molecule has 0 amide bonds. The van der Waals surface area contributed by atoms with E-state index in [-0.39, 0.29) is 23.4 Å². The van der Waals surface area contributed by atoms with Crippen molar-refractivity contribution < 1.29 is 9.59 Å². The van der Waals surface area contributed by atoms with Gasteiger partial charge in [-0.25, -0.2) is 4.98 Å². The Morgan fingerprint density at radius 1 is 0.900 bits per heavy atom. The Morgan fingerprint density at radius 2 is 1.73 bits per heavy atom. The van der Waals surface area contributed by atoms with Gasteiger partial charge in [0.15, 0.2) is 11.6 Å². The molecule has 1 aliphatic carbocycles. The molecule has 4 nitrogen and oxygen atoms in total. The zero-order valence-electron chi connectivity index (χ0n) is 16.3. The molecule has 1 fully saturated rings. The van der Waals surface area contributed by atoms with Crippen LogP contribution in [-0.2, 0) is 11.8 Å². The van der Waals surface area contributed by atoms with Gasteiger partial charge in [-0.2, -0.15) is 0 Å². The summed E-state index contributed by atoms with van der Waals surface area (Å²) in [5.74, 6) is 0.0386. The van der Waals surface area contributed by atoms with Crippen molar-refractivity contribution in [3.63, 3.8) is 0 Å². The number of hydrogen-bond acceptors (Lipinski definition) is 4. The van der Waals surface area contributed by atoms with Gasteiger partial charge in [-0.15, -0.1) is 0 Å². The Bertz CT molecular complexity index is 1080. The highest BCUT2D eigenvalue weighted by Crippen LogP contribution is 2.46. The van der Waals surface area contributed by atoms with E-state index in [1.165, 1.54) is 6.20 Å². The van der Waals surface area contributed by atoms with Crippen molar-refractivity contribution >= 4 is 34.8 Å². The topological polar surface area (TPSA) is 59.9 Å². The summed E-state index contributed by atoms with van der Waals surface area (Å²) in [6.07, 6.45) is 6.84. The van der Waals surface area contributed by atoms with Crippen molar-refractivity contribution in [1.82, 2.24) is 9.97 Å². The van der Waals surface area contributed by atoms with Gasteiger partial charge in [0.25, 0.3) is 0 Å². The fourth-order valence-electron chi connectivity index (χ4n) is 3.87. The van der Waals surface area contributed by atoms with Gasteiger partial charge in [-0.3, -0.25) is 14.6 Å². The highest BCUT2D eigenvalue weighted by molar-refractivity contribution is 6.31. The molecule has 1 aromatic carbocycles. The Morgan fingerprint density at radius 3 is 2.33 bits per heavy atom. The van der Waals surface area contributed by atoms with Crippen LogP contribution < -0.4 is 0 Å². The standard InChI is InChI=1S/C24H20Cl2N2O2/c25-19-4-1-3-17(12-19)20(29)11-16-5-7-22(27-14-16)24(9-2-10-24)13-21(30)18-6-8-23(26)28-15-18/h1,3-8,12,14-15H,2,9-11,13H2. The fraction of sp³-hybridized carbons (Fsp3) is 0.250. The number of benzene rings is 1. The Kier molecular flexibility index (Phi) is 5.98. The first-order valence-electron chi connectivity index (χ1n) is 9.84. The number of aromatic nitrogens is 2. The lowest BCUT2D eigenvalue weighted by Gasteiger charge is -2.41. The quantitative estimate of drug-likeness (QED) is 0.340. The number of rotatable bonds is 7. The number of Topliss-reactive ketones (excluding diaryl/α,β-unsaturated/α-hetero) is 2. The second kappa shape index (κ2) is 8.66. The van der Waals surface area contributed by atoms with Crippen LogP contribution in [-0.4, -0.2) is 21.5 Å². The summed E-state index contributed by atoms with van der Waals surface area (Å²) in [5, 5.41) is 0.913. The van der Waals surface area contributed by atoms with Gasteiger partial charge in [0.1, 0.15) is 5.15 Å². The largest absolute Gasteiger partial charge is 0.294 e. The van der Waals surface area contributed by atoms with Crippen LogP contribution >= 0.6 is 23.2 Å². The molecule has 0 spiro atoms. The molecule has 0 aliphatic heterocycles. The molecule has 3 aromatic rings. The highest BCUT2D eigenvalue weighted by Gasteiger charge is 2.41. The van der Waals surface area contributed by atoms with Gasteiger partial charge in [0.2, 0.25) is 0 Å². The normalized spacial score (nSPS) is 14.7. The molecule has 2 aromatic heterocycles. The van der Waals surface area contributed by atoms with Crippen LogP contribution in [0.4, 0.5) is 0 Å². The van der Waals surface area contributed by atoms with Crippen molar-refractivity contribution in [3.05, 3.63) is 93.5 Å². The molecular weight excluding hydrogens is 419 g/mol. The zero-order valence-corrected chi connectivity index (χ0v) is 17.8. The Hall–Kier alpha value is -2.56. The molecule has 0 atom stereocenters. The molecule has 152 valence electrons. The maximum absolute atomic E-state index is 12.8. The first-order chi connectivity index (χ1) is 14.4. The summed E-state index contributed by atoms with van der Waals surface area (Å²) < 4.78 is 0. The maximum atomic E-state index is 12.8. The number of pyridine rings is 2. The van der Waals surface area contributed by atoms with E-state index in [9.17, 15) is 9.59 Å². The van der Waals surface area contributed by atoms with Gasteiger partial charge < -0.3 is 0 Å². The third kappa shape index (κ3) is 4.45. The van der Waals surface area contributed by atoms with Gasteiger partial charge in [0.05, 0.1) is 0 Å². The SMILES string of the molecule is O=C(Cc1ccc(C2(CC(=O)c3ccc(Cl)nc3)CCC2)nc1)c1cccc(Cl)c1. The lowest BCUT2D eigenvalue weighted by Crippen LogP contribution is -2.37. The number of carbonyl (C=O) groups is 2. The van der Waals surface area contributed by atoms with Crippen LogP contribution in [0.1, 0.15) is 57.7 Å². The summed E-state index contributed by atoms with van der Waals surface area (Å²) in [6.45, 7) is 0. The van der Waals surface area contributed by atoms with E-state index in [1.807, 2.05) is 12.1 Å². The van der Waals surface area contributed by atoms with Crippen molar-refractivity contribution in [2.24, 2.45) is 0 Å². The van der Waals surface area contributed by atoms with Gasteiger partial charge in [0, 0.05) is 52.5 Å². The molecule has 0 unspecified atom stereocenters. The molecule has 30 heavy (non-hydrogen) atoms. The van der Waals surface area contributed by atoms with Crippen LogP contribution in [0, 0.1) is 0 Å². The van der Waals surface area contributed by atoms with Crippen molar-refractivity contribution in [2.75, 3.05) is 0 Å². The van der Waals surface area contributed by atoms with Gasteiger partial charge in [-0.1, -0.05) is 47.8 Å². The number of nitrogens with zero attached hydrogens (tertiary/aromatic N) is 2. The minimum absolute atomic E-state index is 0.00387. The minimum atomic E-state index is -0.244. The Labute approximate surface area is 185 Å². The molecule has 1 aliphatic rings. The molecular formula is C24H20Cl2N2O2. The lowest BCUT2D eigenvalue weighted by molar-refractivity contribution is 0.0900. The molecule has 1 saturated carbocycles. The first-order valence-corrected chi connectivity index (χ1v) is 10.6. The van der Waals surface area contributed by atoms with Crippen LogP contribution in [0.15, 0.2) is 60.9 Å². The average molecular weight is 439 g/mol. The van der Waals surface area contributed by atoms with Crippen LogP contribution in [0.5, 0.6) is 0 Å². The lowest BCUT2D eigenvalue weighted by atomic mass is 9.63. The predicted molar refractivity (Wildman–Crippen MR) is 117 cm³/mol. The molecule has 0 bridgehead atoms. The van der Waals surface area contributed by atoms with Crippen LogP contribution in [0.2, 0.25) is 10.2 Å². The van der Waals surface area contributed by atoms with Crippen molar-refractivity contribution in [2.45, 2.75) is 37.5 Å². The fourth-order valence-corrected chi connectivity index (χ4v) is 4.17. The zero-order chi connectivity index (χ0) is 21.1. The Balaban J connectivity index is 1.47. The van der Waals surface area contributed by atoms with Crippen molar-refractivity contribution in [3.8, 4) is 0 Å². The van der Waals surface area contributed by atoms with E-state index < -0.39 is 0 Å². The summed E-state index contributed by atoms with van der Waals surface area (Å²) in [6, 6.07) is 14.2. The van der Waals surface area contributed by atoms with Crippen LogP contribution in [0.3, 0.4) is 0 Å². The number of carbonyl (C=O) groups excluding carboxylic acids is 2. The molecule has 6 heteroatoms. The van der Waals surface area contributed by atoms with E-state index in [4.69, 9.17) is 23.2 Å². The molecule has 0 N–H and O–H groups in total. The number of ketones is 2. The predicted octanol–water partition coefficient (Wildman–Crippen LogP) is 5.90. The maximum Gasteiger partial charge on any atom is 0.167 e. The summed E-state index contributed by atoms with van der Waals surface area (Å²) >= 11 is 11.8. The second-order valence-corrected chi connectivity index (χ2v) is 8.59. The average Bonchev–Trinajstić information content (AvgIpc) is 2.72. The number of hydrogen-bond donors (Lipinski definition) is 0. The van der Waals surface area contributed by atoms with E-state index in [0.717, 1.165) is 30.5 Å².